The van der Waals surface area contributed by atoms with Gasteiger partial charge >= 0.3 is 5.97 Å². The Kier molecular flexibility index (Phi) is 5.49. The highest BCUT2D eigenvalue weighted by Gasteiger charge is 2.70. The number of aliphatic hydroxyl groups excluding tert-OH is 2. The van der Waals surface area contributed by atoms with Crippen LogP contribution in [0, 0.1) is 34.5 Å². The summed E-state index contributed by atoms with van der Waals surface area (Å²) in [5.74, 6) is -0.763. The molecule has 172 valence electrons. The minimum absolute atomic E-state index is 0.0273. The van der Waals surface area contributed by atoms with Crippen LogP contribution in [0.15, 0.2) is 11.6 Å². The molecule has 0 unspecified atom stereocenters. The molecule has 0 radical (unpaired) electrons. The molecule has 3 fully saturated rings. The van der Waals surface area contributed by atoms with Crippen LogP contribution >= 0.6 is 0 Å². The summed E-state index contributed by atoms with van der Waals surface area (Å²) >= 11 is 0. The van der Waals surface area contributed by atoms with Crippen LogP contribution in [-0.2, 0) is 19.1 Å². The van der Waals surface area contributed by atoms with Crippen LogP contribution in [-0.4, -0.2) is 46.1 Å². The van der Waals surface area contributed by atoms with Crippen LogP contribution < -0.4 is 0 Å². The Balaban J connectivity index is 1.74. The summed E-state index contributed by atoms with van der Waals surface area (Å²) in [6.07, 6.45) is 5.57. The fraction of sp³-hybridized carbons (Fsp3) is 0.800. The number of hydrogen-bond donors (Lipinski definition) is 2. The van der Waals surface area contributed by atoms with E-state index in [9.17, 15) is 24.6 Å². The van der Waals surface area contributed by atoms with Gasteiger partial charge in [-0.1, -0.05) is 33.3 Å². The van der Waals surface area contributed by atoms with Gasteiger partial charge in [-0.25, -0.2) is 0 Å². The van der Waals surface area contributed by atoms with Gasteiger partial charge in [0.2, 0.25) is 5.78 Å². The Labute approximate surface area is 184 Å². The van der Waals surface area contributed by atoms with Crippen molar-refractivity contribution in [3.63, 3.8) is 0 Å². The van der Waals surface area contributed by atoms with Crippen molar-refractivity contribution in [2.24, 2.45) is 34.5 Å². The van der Waals surface area contributed by atoms with Crippen LogP contribution in [0.4, 0.5) is 0 Å². The van der Waals surface area contributed by atoms with Crippen LogP contribution in [0.3, 0.4) is 0 Å². The van der Waals surface area contributed by atoms with Crippen molar-refractivity contribution < 1.29 is 29.3 Å². The van der Waals surface area contributed by atoms with Gasteiger partial charge in [0, 0.05) is 11.8 Å². The monoisotopic (exact) mass is 432 g/mol. The molecule has 31 heavy (non-hydrogen) atoms. The minimum atomic E-state index is -1.39. The number of ketones is 2. The summed E-state index contributed by atoms with van der Waals surface area (Å²) in [4.78, 5) is 37.7. The Bertz CT molecular complexity index is 830. The molecule has 0 amide bonds. The highest BCUT2D eigenvalue weighted by molar-refractivity contribution is 5.92. The number of aliphatic hydroxyl groups is 2. The van der Waals surface area contributed by atoms with Gasteiger partial charge in [-0.2, -0.15) is 0 Å². The van der Waals surface area contributed by atoms with Gasteiger partial charge in [-0.15, -0.1) is 0 Å². The number of hydrogen-bond acceptors (Lipinski definition) is 6. The summed E-state index contributed by atoms with van der Waals surface area (Å²) in [5, 5.41) is 21.3. The first kappa shape index (κ1) is 22.7. The van der Waals surface area contributed by atoms with E-state index >= 15 is 0 Å². The van der Waals surface area contributed by atoms with Gasteiger partial charge in [-0.3, -0.25) is 14.4 Å². The Morgan fingerprint density at radius 1 is 1.19 bits per heavy atom. The van der Waals surface area contributed by atoms with E-state index in [0.29, 0.717) is 19.3 Å². The van der Waals surface area contributed by atoms with Crippen molar-refractivity contribution in [3.05, 3.63) is 11.6 Å². The third-order valence-electron chi connectivity index (χ3n) is 9.36. The molecule has 0 aliphatic heterocycles. The number of allylic oxidation sites excluding steroid dienone is 1. The normalized spacial score (nSPS) is 44.2. The molecule has 0 heterocycles. The highest BCUT2D eigenvalue weighted by atomic mass is 16.6. The molecule has 0 saturated heterocycles. The lowest BCUT2D eigenvalue weighted by Gasteiger charge is -2.60. The largest absolute Gasteiger partial charge is 0.450 e. The summed E-state index contributed by atoms with van der Waals surface area (Å²) in [6.45, 7) is 6.96. The average molecular weight is 433 g/mol. The molecular formula is C25H36O6. The molecule has 0 bridgehead atoms. The topological polar surface area (TPSA) is 101 Å². The molecule has 0 aromatic rings. The summed E-state index contributed by atoms with van der Waals surface area (Å²) in [6, 6.07) is 0. The zero-order chi connectivity index (χ0) is 22.8. The SMILES string of the molecule is CC(C)C(=O)O[C@]1(C(=O)CO)CC[C@H]2[C@@H]3CCC4=CC(=O)CC[C@]4(C)[C@H]3[C@@H](O)C[C@@]21C. The van der Waals surface area contributed by atoms with Crippen molar-refractivity contribution >= 4 is 17.5 Å². The lowest BCUT2D eigenvalue weighted by Crippen LogP contribution is -2.63. The van der Waals surface area contributed by atoms with E-state index in [1.165, 1.54) is 0 Å². The van der Waals surface area contributed by atoms with Crippen molar-refractivity contribution in [2.45, 2.75) is 84.3 Å². The Hall–Kier alpha value is -1.53. The zero-order valence-corrected chi connectivity index (χ0v) is 19.1. The van der Waals surface area contributed by atoms with Crippen molar-refractivity contribution in [3.8, 4) is 0 Å². The summed E-state index contributed by atoms with van der Waals surface area (Å²) in [7, 11) is 0. The molecule has 3 saturated carbocycles. The van der Waals surface area contributed by atoms with E-state index in [0.717, 1.165) is 31.3 Å². The fourth-order valence-corrected chi connectivity index (χ4v) is 7.78. The molecule has 6 heteroatoms. The van der Waals surface area contributed by atoms with Crippen molar-refractivity contribution in [1.82, 2.24) is 0 Å². The van der Waals surface area contributed by atoms with Gasteiger partial charge < -0.3 is 14.9 Å². The molecule has 4 aliphatic carbocycles. The average Bonchev–Trinajstić information content (AvgIpc) is 3.00. The third kappa shape index (κ3) is 3.08. The third-order valence-corrected chi connectivity index (χ3v) is 9.36. The number of rotatable bonds is 4. The first-order valence-electron chi connectivity index (χ1n) is 11.8. The minimum Gasteiger partial charge on any atom is -0.450 e. The van der Waals surface area contributed by atoms with Crippen molar-refractivity contribution in [1.29, 1.82) is 0 Å². The molecule has 0 aromatic carbocycles. The molecule has 2 N–H and O–H groups in total. The van der Waals surface area contributed by atoms with Gasteiger partial charge in [0.05, 0.1) is 12.0 Å². The standard InChI is InChI=1S/C25H36O6/c1-14(2)22(30)31-25(20(29)13-26)10-8-18-17-6-5-15-11-16(27)7-9-23(15,3)21(17)19(28)12-24(18,25)4/h11,14,17-19,21,26,28H,5-10,12-13H2,1-4H3/t17-,18-,19-,21+,23-,24-,25-/m0/s1. The Morgan fingerprint density at radius 2 is 1.90 bits per heavy atom. The van der Waals surface area contributed by atoms with E-state index in [1.54, 1.807) is 19.9 Å². The van der Waals surface area contributed by atoms with E-state index < -0.39 is 35.5 Å². The maximum absolute atomic E-state index is 13.1. The molecule has 0 spiro atoms. The highest BCUT2D eigenvalue weighted by Crippen LogP contribution is 2.68. The van der Waals surface area contributed by atoms with E-state index in [-0.39, 0.29) is 34.9 Å². The number of ether oxygens (including phenoxy) is 1. The first-order chi connectivity index (χ1) is 14.5. The number of fused-ring (bicyclic) bond motifs is 5. The van der Waals surface area contributed by atoms with Crippen LogP contribution in [0.25, 0.3) is 0 Å². The molecule has 6 nitrogen and oxygen atoms in total. The van der Waals surface area contributed by atoms with Crippen LogP contribution in [0.1, 0.15) is 72.6 Å². The Morgan fingerprint density at radius 3 is 2.55 bits per heavy atom. The molecule has 0 aromatic heterocycles. The number of carbonyl (C=O) groups excluding carboxylic acids is 3. The number of carbonyl (C=O) groups is 3. The second-order valence-electron chi connectivity index (χ2n) is 11.1. The van der Waals surface area contributed by atoms with Crippen molar-refractivity contribution in [2.75, 3.05) is 6.61 Å². The maximum Gasteiger partial charge on any atom is 0.309 e. The number of Topliss-reactive ketones (excluding diaryl/α,β-unsaturated/α-hetero) is 1. The summed E-state index contributed by atoms with van der Waals surface area (Å²) < 4.78 is 5.94. The van der Waals surface area contributed by atoms with Crippen LogP contribution in [0.2, 0.25) is 0 Å². The molecule has 7 atom stereocenters. The van der Waals surface area contributed by atoms with Gasteiger partial charge in [0.15, 0.2) is 11.4 Å². The second kappa shape index (κ2) is 7.51. The predicted molar refractivity (Wildman–Crippen MR) is 114 cm³/mol. The smallest absolute Gasteiger partial charge is 0.309 e. The quantitative estimate of drug-likeness (QED) is 0.663. The summed E-state index contributed by atoms with van der Waals surface area (Å²) in [5.41, 5.74) is -1.16. The molecular weight excluding hydrogens is 396 g/mol. The van der Waals surface area contributed by atoms with E-state index in [2.05, 4.69) is 6.92 Å². The van der Waals surface area contributed by atoms with E-state index in [1.807, 2.05) is 6.92 Å². The maximum atomic E-state index is 13.1. The predicted octanol–water partition coefficient (Wildman–Crippen LogP) is 2.99. The van der Waals surface area contributed by atoms with Gasteiger partial charge in [0.25, 0.3) is 0 Å². The van der Waals surface area contributed by atoms with Gasteiger partial charge in [0.1, 0.15) is 6.61 Å². The van der Waals surface area contributed by atoms with Crippen LogP contribution in [0.5, 0.6) is 0 Å². The first-order valence-corrected chi connectivity index (χ1v) is 11.8. The lowest BCUT2D eigenvalue weighted by atomic mass is 9.45. The lowest BCUT2D eigenvalue weighted by molar-refractivity contribution is -0.204. The van der Waals surface area contributed by atoms with E-state index in [4.69, 9.17) is 4.74 Å². The molecule has 4 aliphatic rings. The number of esters is 1. The molecule has 4 rings (SSSR count). The second-order valence-corrected chi connectivity index (χ2v) is 11.1. The zero-order valence-electron chi connectivity index (χ0n) is 19.1. The van der Waals surface area contributed by atoms with Gasteiger partial charge in [-0.05, 0) is 67.8 Å². The fourth-order valence-electron chi connectivity index (χ4n) is 7.78.